The van der Waals surface area contributed by atoms with E-state index in [4.69, 9.17) is 0 Å². The zero-order valence-electron chi connectivity index (χ0n) is 19.0. The van der Waals surface area contributed by atoms with Crippen LogP contribution in [0.4, 0.5) is 10.1 Å². The molecule has 1 fully saturated rings. The minimum absolute atomic E-state index is 0.00427. The summed E-state index contributed by atoms with van der Waals surface area (Å²) in [5.74, 6) is -0.927. The minimum Gasteiger partial charge on any atom is -0.366 e. The van der Waals surface area contributed by atoms with Crippen molar-refractivity contribution in [1.82, 2.24) is 19.9 Å². The number of hydrogen-bond acceptors (Lipinski definition) is 6. The van der Waals surface area contributed by atoms with Crippen molar-refractivity contribution < 1.29 is 14.0 Å². The summed E-state index contributed by atoms with van der Waals surface area (Å²) < 4.78 is 16.9. The van der Waals surface area contributed by atoms with Gasteiger partial charge in [-0.05, 0) is 31.2 Å². The summed E-state index contributed by atoms with van der Waals surface area (Å²) in [5, 5.41) is 4.13. The van der Waals surface area contributed by atoms with Gasteiger partial charge in [0.25, 0.3) is 5.91 Å². The van der Waals surface area contributed by atoms with Gasteiger partial charge in [0.15, 0.2) is 5.43 Å². The highest BCUT2D eigenvalue weighted by Gasteiger charge is 2.22. The Morgan fingerprint density at radius 2 is 1.88 bits per heavy atom. The molecule has 1 aromatic carbocycles. The number of anilines is 1. The first-order chi connectivity index (χ1) is 16.4. The zero-order valence-corrected chi connectivity index (χ0v) is 19.0. The summed E-state index contributed by atoms with van der Waals surface area (Å²) in [6.07, 6.45) is 5.89. The van der Waals surface area contributed by atoms with E-state index >= 15 is 4.39 Å². The van der Waals surface area contributed by atoms with Crippen molar-refractivity contribution in [3.05, 3.63) is 70.0 Å². The molecule has 0 radical (unpaired) electrons. The van der Waals surface area contributed by atoms with Crippen molar-refractivity contribution in [2.45, 2.75) is 20.4 Å². The SMILES string of the molecule is CCn1cc(/C=N/NC(=O)c2ccncc2)c(=O)c2cc(F)c(N3CCN(C(C)=O)CC3)cc21. The number of nitrogens with zero attached hydrogens (tertiary/aromatic N) is 5. The highest BCUT2D eigenvalue weighted by atomic mass is 19.1. The quantitative estimate of drug-likeness (QED) is 0.460. The predicted octanol–water partition coefficient (Wildman–Crippen LogP) is 1.99. The highest BCUT2D eigenvalue weighted by molar-refractivity contribution is 5.95. The van der Waals surface area contributed by atoms with Crippen LogP contribution in [0.3, 0.4) is 0 Å². The van der Waals surface area contributed by atoms with Crippen molar-refractivity contribution in [2.75, 3.05) is 31.1 Å². The monoisotopic (exact) mass is 464 g/mol. The molecule has 1 N–H and O–H groups in total. The summed E-state index contributed by atoms with van der Waals surface area (Å²) in [4.78, 5) is 44.2. The number of halogens is 1. The number of carbonyl (C=O) groups excluding carboxylic acids is 2. The van der Waals surface area contributed by atoms with E-state index in [9.17, 15) is 14.4 Å². The number of benzene rings is 1. The van der Waals surface area contributed by atoms with Gasteiger partial charge in [-0.1, -0.05) is 0 Å². The van der Waals surface area contributed by atoms with Crippen molar-refractivity contribution in [1.29, 1.82) is 0 Å². The molecular formula is C24H25FN6O3. The molecule has 1 aliphatic rings. The normalized spacial score (nSPS) is 14.1. The van der Waals surface area contributed by atoms with Gasteiger partial charge in [0.2, 0.25) is 5.91 Å². The van der Waals surface area contributed by atoms with Crippen LogP contribution in [-0.2, 0) is 11.3 Å². The molecule has 176 valence electrons. The number of hydrazone groups is 1. The van der Waals surface area contributed by atoms with E-state index in [-0.39, 0.29) is 22.3 Å². The molecule has 0 bridgehead atoms. The van der Waals surface area contributed by atoms with Gasteiger partial charge >= 0.3 is 0 Å². The average Bonchev–Trinajstić information content (AvgIpc) is 2.86. The first kappa shape index (κ1) is 23.1. The third kappa shape index (κ3) is 4.66. The Labute approximate surface area is 195 Å². The summed E-state index contributed by atoms with van der Waals surface area (Å²) in [6, 6.07) is 6.03. The summed E-state index contributed by atoms with van der Waals surface area (Å²) >= 11 is 0. The van der Waals surface area contributed by atoms with Crippen molar-refractivity contribution in [3.8, 4) is 0 Å². The molecule has 1 aliphatic heterocycles. The van der Waals surface area contributed by atoms with E-state index in [1.807, 2.05) is 16.4 Å². The lowest BCUT2D eigenvalue weighted by molar-refractivity contribution is -0.129. The minimum atomic E-state index is -0.497. The predicted molar refractivity (Wildman–Crippen MR) is 128 cm³/mol. The average molecular weight is 465 g/mol. The first-order valence-electron chi connectivity index (χ1n) is 11.0. The van der Waals surface area contributed by atoms with E-state index in [1.54, 1.807) is 29.3 Å². The Balaban J connectivity index is 1.62. The lowest BCUT2D eigenvalue weighted by Crippen LogP contribution is -2.48. The molecule has 0 unspecified atom stereocenters. The topological polar surface area (TPSA) is 99.9 Å². The van der Waals surface area contributed by atoms with Crippen LogP contribution in [0.5, 0.6) is 0 Å². The maximum Gasteiger partial charge on any atom is 0.271 e. The van der Waals surface area contributed by atoms with E-state index in [0.717, 1.165) is 0 Å². The molecule has 10 heteroatoms. The van der Waals surface area contributed by atoms with Crippen LogP contribution in [0.2, 0.25) is 0 Å². The third-order valence-electron chi connectivity index (χ3n) is 5.89. The molecule has 2 amide bonds. The highest BCUT2D eigenvalue weighted by Crippen LogP contribution is 2.26. The van der Waals surface area contributed by atoms with Crippen molar-refractivity contribution in [3.63, 3.8) is 0 Å². The lowest BCUT2D eigenvalue weighted by Gasteiger charge is -2.36. The van der Waals surface area contributed by atoms with Gasteiger partial charge in [-0.2, -0.15) is 5.10 Å². The van der Waals surface area contributed by atoms with Gasteiger partial charge in [0.05, 0.1) is 23.0 Å². The van der Waals surface area contributed by atoms with Gasteiger partial charge in [0, 0.05) is 69.2 Å². The molecule has 0 saturated carbocycles. The number of fused-ring (bicyclic) bond motifs is 1. The van der Waals surface area contributed by atoms with Crippen LogP contribution in [0, 0.1) is 5.82 Å². The van der Waals surface area contributed by atoms with Gasteiger partial charge < -0.3 is 14.4 Å². The number of nitrogens with one attached hydrogen (secondary N) is 1. The zero-order chi connectivity index (χ0) is 24.2. The third-order valence-corrected chi connectivity index (χ3v) is 5.89. The van der Waals surface area contributed by atoms with E-state index in [1.165, 1.54) is 31.6 Å². The summed E-state index contributed by atoms with van der Waals surface area (Å²) in [7, 11) is 0. The fourth-order valence-electron chi connectivity index (χ4n) is 4.01. The van der Waals surface area contributed by atoms with E-state index in [0.29, 0.717) is 49.5 Å². The molecule has 0 aliphatic carbocycles. The smallest absolute Gasteiger partial charge is 0.271 e. The standard InChI is InChI=1S/C24H25FN6O3/c1-3-29-15-18(14-27-28-24(34)17-4-6-26-7-5-17)23(33)19-12-20(25)22(13-21(19)29)31-10-8-30(9-11-31)16(2)32/h4-7,12-15H,3,8-11H2,1-2H3,(H,28,34)/b27-14+. The molecular weight excluding hydrogens is 439 g/mol. The molecule has 3 aromatic rings. The molecule has 9 nitrogen and oxygen atoms in total. The van der Waals surface area contributed by atoms with Gasteiger partial charge in [0.1, 0.15) is 5.82 Å². The second-order valence-corrected chi connectivity index (χ2v) is 7.95. The lowest BCUT2D eigenvalue weighted by atomic mass is 10.1. The van der Waals surface area contributed by atoms with Crippen LogP contribution in [0.25, 0.3) is 10.9 Å². The number of aromatic nitrogens is 2. The van der Waals surface area contributed by atoms with Crippen LogP contribution in [-0.4, -0.2) is 58.7 Å². The fourth-order valence-corrected chi connectivity index (χ4v) is 4.01. The Kier molecular flexibility index (Phi) is 6.67. The second-order valence-electron chi connectivity index (χ2n) is 7.95. The largest absolute Gasteiger partial charge is 0.366 e. The Morgan fingerprint density at radius 1 is 1.18 bits per heavy atom. The number of piperazine rings is 1. The van der Waals surface area contributed by atoms with Crippen LogP contribution in [0.15, 0.2) is 52.8 Å². The molecule has 1 saturated heterocycles. The number of pyridine rings is 2. The van der Waals surface area contributed by atoms with Crippen molar-refractivity contribution in [2.24, 2.45) is 5.10 Å². The van der Waals surface area contributed by atoms with Crippen LogP contribution >= 0.6 is 0 Å². The fraction of sp³-hybridized carbons (Fsp3) is 0.292. The number of carbonyl (C=O) groups is 2. The van der Waals surface area contributed by atoms with E-state index in [2.05, 4.69) is 15.5 Å². The molecule has 34 heavy (non-hydrogen) atoms. The van der Waals surface area contributed by atoms with Crippen LogP contribution < -0.4 is 15.8 Å². The number of hydrogen-bond donors (Lipinski definition) is 1. The maximum atomic E-state index is 15.1. The Morgan fingerprint density at radius 3 is 2.53 bits per heavy atom. The number of aryl methyl sites for hydroxylation is 1. The number of rotatable bonds is 5. The maximum absolute atomic E-state index is 15.1. The van der Waals surface area contributed by atoms with E-state index < -0.39 is 11.7 Å². The molecule has 0 spiro atoms. The molecule has 3 heterocycles. The Bertz CT molecular complexity index is 1310. The summed E-state index contributed by atoms with van der Waals surface area (Å²) in [6.45, 7) is 6.06. The second kappa shape index (κ2) is 9.82. The molecule has 4 rings (SSSR count). The van der Waals surface area contributed by atoms with Gasteiger partial charge in [-0.25, -0.2) is 9.82 Å². The van der Waals surface area contributed by atoms with Crippen molar-refractivity contribution >= 4 is 34.6 Å². The van der Waals surface area contributed by atoms with Gasteiger partial charge in [-0.15, -0.1) is 0 Å². The summed E-state index contributed by atoms with van der Waals surface area (Å²) in [5.41, 5.74) is 3.63. The number of amides is 2. The van der Waals surface area contributed by atoms with Crippen LogP contribution in [0.1, 0.15) is 29.8 Å². The Hall–Kier alpha value is -4.08. The first-order valence-corrected chi connectivity index (χ1v) is 11.0. The molecule has 2 aromatic heterocycles. The molecule has 0 atom stereocenters. The van der Waals surface area contributed by atoms with Gasteiger partial charge in [-0.3, -0.25) is 19.4 Å².